The standard InChI is InChI=1S/C13H11F2N3O3/c1-7(18-5-4-10(17-18)13(20)21)12(19)16-11-6-8(14)2-3-9(11)15/h2-7H,1H3,(H,16,19)(H,20,21). The zero-order chi connectivity index (χ0) is 15.6. The van der Waals surface area contributed by atoms with Crippen molar-refractivity contribution in [3.63, 3.8) is 0 Å². The van der Waals surface area contributed by atoms with Crippen LogP contribution in [0.3, 0.4) is 0 Å². The average molecular weight is 295 g/mol. The van der Waals surface area contributed by atoms with Crippen molar-refractivity contribution >= 4 is 17.6 Å². The zero-order valence-electron chi connectivity index (χ0n) is 10.9. The first kappa shape index (κ1) is 14.6. The van der Waals surface area contributed by atoms with Gasteiger partial charge in [0.25, 0.3) is 0 Å². The third-order valence-electron chi connectivity index (χ3n) is 2.79. The minimum Gasteiger partial charge on any atom is -0.476 e. The molecule has 1 unspecified atom stereocenters. The number of carboxylic acid groups (broad SMARTS) is 1. The largest absolute Gasteiger partial charge is 0.476 e. The lowest BCUT2D eigenvalue weighted by molar-refractivity contribution is -0.119. The minimum absolute atomic E-state index is 0.216. The van der Waals surface area contributed by atoms with E-state index in [1.54, 1.807) is 0 Å². The number of carboxylic acids is 1. The molecule has 0 fully saturated rings. The van der Waals surface area contributed by atoms with Crippen molar-refractivity contribution in [2.24, 2.45) is 0 Å². The van der Waals surface area contributed by atoms with E-state index < -0.39 is 29.6 Å². The van der Waals surface area contributed by atoms with Gasteiger partial charge < -0.3 is 10.4 Å². The molecule has 2 N–H and O–H groups in total. The quantitative estimate of drug-likeness (QED) is 0.904. The number of nitrogens with one attached hydrogen (secondary N) is 1. The SMILES string of the molecule is CC(C(=O)Nc1cc(F)ccc1F)n1ccc(C(=O)O)n1. The molecule has 0 aliphatic carbocycles. The van der Waals surface area contributed by atoms with Crippen LogP contribution < -0.4 is 5.32 Å². The van der Waals surface area contributed by atoms with Crippen LogP contribution in [0.4, 0.5) is 14.5 Å². The van der Waals surface area contributed by atoms with Crippen molar-refractivity contribution in [2.75, 3.05) is 5.32 Å². The van der Waals surface area contributed by atoms with Crippen LogP contribution >= 0.6 is 0 Å². The van der Waals surface area contributed by atoms with Crippen molar-refractivity contribution in [3.05, 3.63) is 47.8 Å². The molecule has 2 rings (SSSR count). The summed E-state index contributed by atoms with van der Waals surface area (Å²) in [7, 11) is 0. The minimum atomic E-state index is -1.22. The summed E-state index contributed by atoms with van der Waals surface area (Å²) in [5.74, 6) is -3.34. The Morgan fingerprint density at radius 3 is 2.67 bits per heavy atom. The number of carbonyl (C=O) groups excluding carboxylic acids is 1. The summed E-state index contributed by atoms with van der Waals surface area (Å²) in [5.41, 5.74) is -0.510. The van der Waals surface area contributed by atoms with E-state index in [1.807, 2.05) is 0 Å². The second kappa shape index (κ2) is 5.70. The maximum atomic E-state index is 13.4. The molecule has 8 heteroatoms. The molecule has 6 nitrogen and oxygen atoms in total. The fourth-order valence-corrected chi connectivity index (χ4v) is 1.62. The number of rotatable bonds is 4. The third kappa shape index (κ3) is 3.22. The second-order valence-corrected chi connectivity index (χ2v) is 4.28. The number of hydrogen-bond acceptors (Lipinski definition) is 3. The lowest BCUT2D eigenvalue weighted by Crippen LogP contribution is -2.24. The van der Waals surface area contributed by atoms with E-state index in [2.05, 4.69) is 10.4 Å². The van der Waals surface area contributed by atoms with Crippen molar-refractivity contribution in [2.45, 2.75) is 13.0 Å². The van der Waals surface area contributed by atoms with E-state index in [0.717, 1.165) is 22.9 Å². The van der Waals surface area contributed by atoms with Crippen LogP contribution in [-0.2, 0) is 4.79 Å². The summed E-state index contributed by atoms with van der Waals surface area (Å²) in [4.78, 5) is 22.7. The molecular formula is C13H11F2N3O3. The van der Waals surface area contributed by atoms with Gasteiger partial charge in [-0.15, -0.1) is 0 Å². The van der Waals surface area contributed by atoms with Crippen molar-refractivity contribution in [1.82, 2.24) is 9.78 Å². The van der Waals surface area contributed by atoms with Gasteiger partial charge in [-0.3, -0.25) is 9.48 Å². The Morgan fingerprint density at radius 1 is 1.33 bits per heavy atom. The Labute approximate surface area is 118 Å². The van der Waals surface area contributed by atoms with Gasteiger partial charge in [-0.1, -0.05) is 0 Å². The molecule has 0 saturated carbocycles. The normalized spacial score (nSPS) is 12.0. The van der Waals surface area contributed by atoms with E-state index in [1.165, 1.54) is 19.2 Å². The van der Waals surface area contributed by atoms with Crippen molar-refractivity contribution in [3.8, 4) is 0 Å². The van der Waals surface area contributed by atoms with Gasteiger partial charge in [0.1, 0.15) is 17.7 Å². The first-order valence-electron chi connectivity index (χ1n) is 5.93. The Hall–Kier alpha value is -2.77. The molecule has 1 heterocycles. The maximum absolute atomic E-state index is 13.4. The molecule has 1 aromatic carbocycles. The number of benzene rings is 1. The van der Waals surface area contributed by atoms with E-state index in [4.69, 9.17) is 5.11 Å². The number of nitrogens with zero attached hydrogens (tertiary/aromatic N) is 2. The number of amides is 1. The topological polar surface area (TPSA) is 84.2 Å². The lowest BCUT2D eigenvalue weighted by Gasteiger charge is -2.13. The van der Waals surface area contributed by atoms with Crippen molar-refractivity contribution in [1.29, 1.82) is 0 Å². The number of aromatic nitrogens is 2. The molecule has 21 heavy (non-hydrogen) atoms. The molecule has 0 spiro atoms. The molecule has 0 saturated heterocycles. The molecule has 1 atom stereocenters. The monoisotopic (exact) mass is 295 g/mol. The van der Waals surface area contributed by atoms with E-state index >= 15 is 0 Å². The first-order valence-corrected chi connectivity index (χ1v) is 5.93. The third-order valence-corrected chi connectivity index (χ3v) is 2.79. The van der Waals surface area contributed by atoms with Crippen molar-refractivity contribution < 1.29 is 23.5 Å². The lowest BCUT2D eigenvalue weighted by atomic mass is 10.2. The van der Waals surface area contributed by atoms with Crippen LogP contribution in [0.5, 0.6) is 0 Å². The van der Waals surface area contributed by atoms with E-state index in [0.29, 0.717) is 0 Å². The van der Waals surface area contributed by atoms with Gasteiger partial charge in [-0.2, -0.15) is 5.10 Å². The van der Waals surface area contributed by atoms with Gasteiger partial charge in [0.2, 0.25) is 5.91 Å². The van der Waals surface area contributed by atoms with E-state index in [-0.39, 0.29) is 11.4 Å². The van der Waals surface area contributed by atoms with Crippen LogP contribution in [0.2, 0.25) is 0 Å². The van der Waals surface area contributed by atoms with Gasteiger partial charge in [0.05, 0.1) is 5.69 Å². The summed E-state index contributed by atoms with van der Waals surface area (Å²) in [6.45, 7) is 1.45. The van der Waals surface area contributed by atoms with Crippen LogP contribution in [0.15, 0.2) is 30.5 Å². The smallest absolute Gasteiger partial charge is 0.356 e. The summed E-state index contributed by atoms with van der Waals surface area (Å²) >= 11 is 0. The summed E-state index contributed by atoms with van der Waals surface area (Å²) < 4.78 is 27.6. The molecule has 1 aromatic heterocycles. The average Bonchev–Trinajstić information content (AvgIpc) is 2.91. The highest BCUT2D eigenvalue weighted by Crippen LogP contribution is 2.17. The molecule has 0 aliphatic heterocycles. The highest BCUT2D eigenvalue weighted by atomic mass is 19.1. The number of anilines is 1. The van der Waals surface area contributed by atoms with Gasteiger partial charge in [-0.05, 0) is 25.1 Å². The molecule has 0 bridgehead atoms. The summed E-state index contributed by atoms with van der Waals surface area (Å²) in [5, 5.41) is 14.7. The summed E-state index contributed by atoms with van der Waals surface area (Å²) in [6.07, 6.45) is 1.32. The Balaban J connectivity index is 2.15. The molecule has 1 amide bonds. The van der Waals surface area contributed by atoms with Gasteiger partial charge in [0.15, 0.2) is 5.69 Å². The predicted molar refractivity (Wildman–Crippen MR) is 68.9 cm³/mol. The zero-order valence-corrected chi connectivity index (χ0v) is 10.9. The summed E-state index contributed by atoms with van der Waals surface area (Å²) in [6, 6.07) is 3.02. The Kier molecular flexibility index (Phi) is 3.97. The second-order valence-electron chi connectivity index (χ2n) is 4.28. The Bertz CT molecular complexity index is 700. The fraction of sp³-hybridized carbons (Fsp3) is 0.154. The highest BCUT2D eigenvalue weighted by Gasteiger charge is 2.19. The van der Waals surface area contributed by atoms with Crippen LogP contribution in [-0.4, -0.2) is 26.8 Å². The van der Waals surface area contributed by atoms with Crippen LogP contribution in [0.25, 0.3) is 0 Å². The molecular weight excluding hydrogens is 284 g/mol. The molecule has 0 aliphatic rings. The number of hydrogen-bond donors (Lipinski definition) is 2. The molecule has 0 radical (unpaired) electrons. The van der Waals surface area contributed by atoms with Gasteiger partial charge >= 0.3 is 5.97 Å². The molecule has 110 valence electrons. The first-order chi connectivity index (χ1) is 9.88. The van der Waals surface area contributed by atoms with Gasteiger partial charge in [0, 0.05) is 12.3 Å². The maximum Gasteiger partial charge on any atom is 0.356 e. The van der Waals surface area contributed by atoms with Crippen LogP contribution in [0, 0.1) is 11.6 Å². The number of carbonyl (C=O) groups is 2. The van der Waals surface area contributed by atoms with E-state index in [9.17, 15) is 18.4 Å². The Morgan fingerprint density at radius 2 is 2.05 bits per heavy atom. The number of halogens is 2. The fourth-order valence-electron chi connectivity index (χ4n) is 1.62. The molecule has 2 aromatic rings. The van der Waals surface area contributed by atoms with Gasteiger partial charge in [-0.25, -0.2) is 13.6 Å². The predicted octanol–water partition coefficient (Wildman–Crippen LogP) is 2.06. The highest BCUT2D eigenvalue weighted by molar-refractivity contribution is 5.93. The number of aromatic carboxylic acids is 1. The van der Waals surface area contributed by atoms with Crippen LogP contribution in [0.1, 0.15) is 23.5 Å².